The number of rotatable bonds is 5. The summed E-state index contributed by atoms with van der Waals surface area (Å²) in [4.78, 5) is 37.4. The van der Waals surface area contributed by atoms with Crippen LogP contribution in [0.2, 0.25) is 0 Å². The van der Waals surface area contributed by atoms with Gasteiger partial charge < -0.3 is 9.47 Å². The molecule has 0 unspecified atom stereocenters. The molecule has 0 saturated heterocycles. The van der Waals surface area contributed by atoms with Crippen LogP contribution in [0.4, 0.5) is 5.69 Å². The van der Waals surface area contributed by atoms with Gasteiger partial charge in [0, 0.05) is 11.6 Å². The van der Waals surface area contributed by atoms with Crippen LogP contribution in [0.3, 0.4) is 0 Å². The van der Waals surface area contributed by atoms with Gasteiger partial charge in [0.05, 0.1) is 12.8 Å². The largest absolute Gasteiger partial charge is 0.496 e. The Morgan fingerprint density at radius 3 is 2.71 bits per heavy atom. The van der Waals surface area contributed by atoms with Crippen LogP contribution >= 0.6 is 0 Å². The molecule has 8 heteroatoms. The number of carbonyl (C=O) groups is 3. The fourth-order valence-corrected chi connectivity index (χ4v) is 2.65. The van der Waals surface area contributed by atoms with Gasteiger partial charge in [0.1, 0.15) is 18.0 Å². The minimum Gasteiger partial charge on any atom is -0.496 e. The lowest BCUT2D eigenvalue weighted by molar-refractivity contribution is -0.127. The maximum atomic E-state index is 12.1. The molecule has 1 aliphatic rings. The summed E-state index contributed by atoms with van der Waals surface area (Å²) in [5.41, 5.74) is 5.81. The van der Waals surface area contributed by atoms with Crippen molar-refractivity contribution in [2.45, 2.75) is 0 Å². The SMILES string of the molecule is COc1ccccc1/C=C/C(=O)NNC(=O)CN1C(=O)COc2ccccc21. The van der Waals surface area contributed by atoms with E-state index in [9.17, 15) is 14.4 Å². The number of carbonyl (C=O) groups excluding carboxylic acids is 3. The molecule has 8 nitrogen and oxygen atoms in total. The standard InChI is InChI=1S/C20H19N3O5/c1-27-16-8-4-2-6-14(16)10-11-18(24)21-22-19(25)12-23-15-7-3-5-9-17(15)28-13-20(23)26/h2-11H,12-13H2,1H3,(H,21,24)(H,22,25)/b11-10+. The summed E-state index contributed by atoms with van der Waals surface area (Å²) in [6.07, 6.45) is 2.84. The summed E-state index contributed by atoms with van der Waals surface area (Å²) in [7, 11) is 1.54. The van der Waals surface area contributed by atoms with E-state index in [0.29, 0.717) is 17.2 Å². The Bertz CT molecular complexity index is 926. The molecule has 144 valence electrons. The number of hydrazine groups is 1. The van der Waals surface area contributed by atoms with Gasteiger partial charge in [-0.05, 0) is 24.3 Å². The molecular weight excluding hydrogens is 362 g/mol. The smallest absolute Gasteiger partial charge is 0.265 e. The van der Waals surface area contributed by atoms with E-state index in [-0.39, 0.29) is 19.1 Å². The highest BCUT2D eigenvalue weighted by molar-refractivity contribution is 6.02. The molecule has 0 atom stereocenters. The van der Waals surface area contributed by atoms with Gasteiger partial charge in [0.15, 0.2) is 6.61 Å². The Kier molecular flexibility index (Phi) is 5.91. The second kappa shape index (κ2) is 8.72. The van der Waals surface area contributed by atoms with E-state index < -0.39 is 11.8 Å². The first-order valence-corrected chi connectivity index (χ1v) is 8.50. The van der Waals surface area contributed by atoms with Crippen molar-refractivity contribution in [3.05, 3.63) is 60.2 Å². The third-order valence-electron chi connectivity index (χ3n) is 3.99. The maximum absolute atomic E-state index is 12.1. The number of hydrogen-bond acceptors (Lipinski definition) is 5. The molecule has 0 fully saturated rings. The number of para-hydroxylation sites is 3. The molecule has 0 radical (unpaired) electrons. The molecular formula is C20H19N3O5. The van der Waals surface area contributed by atoms with E-state index in [4.69, 9.17) is 9.47 Å². The van der Waals surface area contributed by atoms with E-state index in [0.717, 1.165) is 5.56 Å². The molecule has 0 aliphatic carbocycles. The molecule has 0 aromatic heterocycles. The van der Waals surface area contributed by atoms with E-state index in [2.05, 4.69) is 10.9 Å². The highest BCUT2D eigenvalue weighted by Crippen LogP contribution is 2.31. The average molecular weight is 381 g/mol. The molecule has 2 aromatic rings. The van der Waals surface area contributed by atoms with Crippen LogP contribution in [-0.4, -0.2) is 38.0 Å². The molecule has 3 amide bonds. The summed E-state index contributed by atoms with van der Waals surface area (Å²) >= 11 is 0. The fraction of sp³-hybridized carbons (Fsp3) is 0.150. The van der Waals surface area contributed by atoms with Gasteiger partial charge in [-0.15, -0.1) is 0 Å². The van der Waals surface area contributed by atoms with E-state index in [1.165, 1.54) is 18.1 Å². The van der Waals surface area contributed by atoms with Crippen molar-refractivity contribution < 1.29 is 23.9 Å². The molecule has 3 rings (SSSR count). The van der Waals surface area contributed by atoms with Gasteiger partial charge in [-0.1, -0.05) is 30.3 Å². The topological polar surface area (TPSA) is 97.0 Å². The number of hydrogen-bond donors (Lipinski definition) is 2. The van der Waals surface area contributed by atoms with Crippen LogP contribution in [0.5, 0.6) is 11.5 Å². The molecule has 1 heterocycles. The van der Waals surface area contributed by atoms with Gasteiger partial charge in [-0.25, -0.2) is 0 Å². The highest BCUT2D eigenvalue weighted by atomic mass is 16.5. The van der Waals surface area contributed by atoms with Crippen molar-refractivity contribution in [3.63, 3.8) is 0 Å². The number of nitrogens with one attached hydrogen (secondary N) is 2. The van der Waals surface area contributed by atoms with Crippen molar-refractivity contribution in [3.8, 4) is 11.5 Å². The number of amides is 3. The van der Waals surface area contributed by atoms with Crippen molar-refractivity contribution in [1.82, 2.24) is 10.9 Å². The summed E-state index contributed by atoms with van der Waals surface area (Å²) in [6, 6.07) is 14.1. The fourth-order valence-electron chi connectivity index (χ4n) is 2.65. The predicted molar refractivity (Wildman–Crippen MR) is 103 cm³/mol. The minimum absolute atomic E-state index is 0.141. The number of benzene rings is 2. The molecule has 0 spiro atoms. The Morgan fingerprint density at radius 1 is 1.14 bits per heavy atom. The van der Waals surface area contributed by atoms with Crippen molar-refractivity contribution in [2.24, 2.45) is 0 Å². The zero-order valence-electron chi connectivity index (χ0n) is 15.2. The third-order valence-corrected chi connectivity index (χ3v) is 3.99. The van der Waals surface area contributed by atoms with E-state index >= 15 is 0 Å². The van der Waals surface area contributed by atoms with Crippen LogP contribution in [0.15, 0.2) is 54.6 Å². The lowest BCUT2D eigenvalue weighted by Crippen LogP contribution is -2.49. The highest BCUT2D eigenvalue weighted by Gasteiger charge is 2.26. The zero-order valence-corrected chi connectivity index (χ0v) is 15.2. The number of methoxy groups -OCH3 is 1. The van der Waals surface area contributed by atoms with E-state index in [1.54, 1.807) is 42.5 Å². The number of fused-ring (bicyclic) bond motifs is 1. The quantitative estimate of drug-likeness (QED) is 0.601. The second-order valence-corrected chi connectivity index (χ2v) is 5.85. The van der Waals surface area contributed by atoms with Gasteiger partial charge >= 0.3 is 0 Å². The monoisotopic (exact) mass is 381 g/mol. The second-order valence-electron chi connectivity index (χ2n) is 5.85. The molecule has 28 heavy (non-hydrogen) atoms. The summed E-state index contributed by atoms with van der Waals surface area (Å²) in [5, 5.41) is 0. The minimum atomic E-state index is -0.538. The molecule has 0 bridgehead atoms. The molecule has 2 N–H and O–H groups in total. The number of nitrogens with zero attached hydrogens (tertiary/aromatic N) is 1. The van der Waals surface area contributed by atoms with Crippen LogP contribution in [0, 0.1) is 0 Å². The number of ether oxygens (including phenoxy) is 2. The Balaban J connectivity index is 1.55. The zero-order chi connectivity index (χ0) is 19.9. The molecule has 1 aliphatic heterocycles. The van der Waals surface area contributed by atoms with Gasteiger partial charge in [0.25, 0.3) is 17.7 Å². The summed E-state index contributed by atoms with van der Waals surface area (Å²) < 4.78 is 10.5. The average Bonchev–Trinajstić information content (AvgIpc) is 2.73. The van der Waals surface area contributed by atoms with Crippen molar-refractivity contribution >= 4 is 29.5 Å². The lowest BCUT2D eigenvalue weighted by Gasteiger charge is -2.28. The Labute approximate surface area is 161 Å². The van der Waals surface area contributed by atoms with Crippen LogP contribution in [0.25, 0.3) is 6.08 Å². The Morgan fingerprint density at radius 2 is 1.89 bits per heavy atom. The van der Waals surface area contributed by atoms with E-state index in [1.807, 2.05) is 12.1 Å². The van der Waals surface area contributed by atoms with Gasteiger partial charge in [-0.2, -0.15) is 0 Å². The lowest BCUT2D eigenvalue weighted by atomic mass is 10.2. The first-order valence-electron chi connectivity index (χ1n) is 8.50. The Hall–Kier alpha value is -3.81. The van der Waals surface area contributed by atoms with Crippen LogP contribution < -0.4 is 25.2 Å². The predicted octanol–water partition coefficient (Wildman–Crippen LogP) is 1.28. The summed E-state index contributed by atoms with van der Waals surface area (Å²) in [6.45, 7) is -0.381. The van der Waals surface area contributed by atoms with Crippen molar-refractivity contribution in [1.29, 1.82) is 0 Å². The normalized spacial score (nSPS) is 12.9. The van der Waals surface area contributed by atoms with Gasteiger partial charge in [-0.3, -0.25) is 30.1 Å². The number of anilines is 1. The molecule has 2 aromatic carbocycles. The van der Waals surface area contributed by atoms with Gasteiger partial charge in [0.2, 0.25) is 0 Å². The third kappa shape index (κ3) is 4.47. The first-order chi connectivity index (χ1) is 13.6. The molecule has 0 saturated carbocycles. The first kappa shape index (κ1) is 19.0. The van der Waals surface area contributed by atoms with Crippen LogP contribution in [0.1, 0.15) is 5.56 Å². The van der Waals surface area contributed by atoms with Crippen molar-refractivity contribution in [2.75, 3.05) is 25.2 Å². The summed E-state index contributed by atoms with van der Waals surface area (Å²) in [5.74, 6) is -0.243. The van der Waals surface area contributed by atoms with Crippen LogP contribution in [-0.2, 0) is 14.4 Å². The maximum Gasteiger partial charge on any atom is 0.265 e.